The fraction of sp³-hybridized carbons (Fsp3) is 0.818. The first-order valence-electron chi connectivity index (χ1n) is 5.80. The van der Waals surface area contributed by atoms with E-state index in [0.29, 0.717) is 6.54 Å². The molecule has 1 aliphatic rings. The van der Waals surface area contributed by atoms with E-state index in [4.69, 9.17) is 5.11 Å². The summed E-state index contributed by atoms with van der Waals surface area (Å²) in [5.74, 6) is -1.03. The van der Waals surface area contributed by atoms with Crippen molar-refractivity contribution in [1.82, 2.24) is 10.2 Å². The van der Waals surface area contributed by atoms with Crippen molar-refractivity contribution >= 4 is 11.9 Å². The number of carboxylic acid groups (broad SMARTS) is 1. The molecule has 0 aliphatic carbocycles. The molecule has 1 heterocycles. The molecule has 1 amide bonds. The number of aliphatic carboxylic acids is 1. The summed E-state index contributed by atoms with van der Waals surface area (Å²) < 4.78 is 0. The van der Waals surface area contributed by atoms with E-state index >= 15 is 0 Å². The summed E-state index contributed by atoms with van der Waals surface area (Å²) in [7, 11) is 0. The van der Waals surface area contributed by atoms with Crippen LogP contribution in [0.1, 0.15) is 26.7 Å². The Hall–Kier alpha value is -1.10. The third kappa shape index (κ3) is 3.20. The SMILES string of the molecule is CCCN(CC(=O)O)C(=O)C1CCNC1C. The Bertz CT molecular complexity index is 268. The Morgan fingerprint density at radius 3 is 2.62 bits per heavy atom. The second kappa shape index (κ2) is 5.84. The lowest BCUT2D eigenvalue weighted by atomic mass is 10.0. The van der Waals surface area contributed by atoms with Gasteiger partial charge in [-0.25, -0.2) is 0 Å². The summed E-state index contributed by atoms with van der Waals surface area (Å²) in [4.78, 5) is 24.2. The molecule has 0 saturated carbocycles. The minimum atomic E-state index is -0.944. The van der Waals surface area contributed by atoms with E-state index in [-0.39, 0.29) is 24.4 Å². The average molecular weight is 228 g/mol. The van der Waals surface area contributed by atoms with Gasteiger partial charge in [-0.05, 0) is 26.3 Å². The van der Waals surface area contributed by atoms with Crippen LogP contribution in [0.3, 0.4) is 0 Å². The smallest absolute Gasteiger partial charge is 0.323 e. The largest absolute Gasteiger partial charge is 0.480 e. The minimum Gasteiger partial charge on any atom is -0.480 e. The molecule has 0 spiro atoms. The van der Waals surface area contributed by atoms with E-state index in [9.17, 15) is 9.59 Å². The zero-order valence-corrected chi connectivity index (χ0v) is 9.90. The highest BCUT2D eigenvalue weighted by atomic mass is 16.4. The third-order valence-electron chi connectivity index (χ3n) is 2.97. The first-order valence-corrected chi connectivity index (χ1v) is 5.80. The number of carbonyl (C=O) groups excluding carboxylic acids is 1. The molecule has 2 atom stereocenters. The van der Waals surface area contributed by atoms with Gasteiger partial charge in [0.15, 0.2) is 0 Å². The Kier molecular flexibility index (Phi) is 4.73. The van der Waals surface area contributed by atoms with Gasteiger partial charge in [0, 0.05) is 12.6 Å². The molecule has 0 aromatic rings. The number of carbonyl (C=O) groups is 2. The fourth-order valence-corrected chi connectivity index (χ4v) is 2.13. The maximum atomic E-state index is 12.1. The Labute approximate surface area is 95.8 Å². The lowest BCUT2D eigenvalue weighted by Gasteiger charge is -2.25. The second-order valence-electron chi connectivity index (χ2n) is 4.29. The van der Waals surface area contributed by atoms with Crippen molar-refractivity contribution in [1.29, 1.82) is 0 Å². The molecule has 16 heavy (non-hydrogen) atoms. The molecule has 5 heteroatoms. The van der Waals surface area contributed by atoms with Crippen LogP contribution in [0.15, 0.2) is 0 Å². The van der Waals surface area contributed by atoms with Crippen molar-refractivity contribution in [2.75, 3.05) is 19.6 Å². The summed E-state index contributed by atoms with van der Waals surface area (Å²) in [6.07, 6.45) is 1.59. The standard InChI is InChI=1S/C11H20N2O3/c1-3-6-13(7-10(14)15)11(16)9-4-5-12-8(9)2/h8-9,12H,3-7H2,1-2H3,(H,14,15). The van der Waals surface area contributed by atoms with Gasteiger partial charge in [0.25, 0.3) is 0 Å². The molecular weight excluding hydrogens is 208 g/mol. The van der Waals surface area contributed by atoms with Crippen LogP contribution in [0.4, 0.5) is 0 Å². The highest BCUT2D eigenvalue weighted by Gasteiger charge is 2.32. The molecule has 2 N–H and O–H groups in total. The topological polar surface area (TPSA) is 69.6 Å². The van der Waals surface area contributed by atoms with Crippen molar-refractivity contribution in [3.05, 3.63) is 0 Å². The zero-order valence-electron chi connectivity index (χ0n) is 9.90. The van der Waals surface area contributed by atoms with Crippen molar-refractivity contribution in [2.24, 2.45) is 5.92 Å². The maximum absolute atomic E-state index is 12.1. The molecule has 2 unspecified atom stereocenters. The van der Waals surface area contributed by atoms with Crippen LogP contribution in [-0.2, 0) is 9.59 Å². The number of rotatable bonds is 5. The first-order chi connectivity index (χ1) is 7.56. The molecule has 1 fully saturated rings. The van der Waals surface area contributed by atoms with Crippen molar-refractivity contribution in [3.63, 3.8) is 0 Å². The van der Waals surface area contributed by atoms with Crippen LogP contribution in [-0.4, -0.2) is 47.6 Å². The molecule has 0 aromatic carbocycles. The van der Waals surface area contributed by atoms with Crippen LogP contribution in [0.2, 0.25) is 0 Å². The second-order valence-corrected chi connectivity index (χ2v) is 4.29. The number of hydrogen-bond acceptors (Lipinski definition) is 3. The quantitative estimate of drug-likeness (QED) is 0.710. The van der Waals surface area contributed by atoms with E-state index in [2.05, 4.69) is 5.32 Å². The molecule has 0 aromatic heterocycles. The van der Waals surface area contributed by atoms with E-state index in [1.807, 2.05) is 13.8 Å². The predicted molar refractivity (Wildman–Crippen MR) is 60.1 cm³/mol. The maximum Gasteiger partial charge on any atom is 0.323 e. The average Bonchev–Trinajstić information content (AvgIpc) is 2.62. The summed E-state index contributed by atoms with van der Waals surface area (Å²) in [5, 5.41) is 12.0. The summed E-state index contributed by atoms with van der Waals surface area (Å²) in [5.41, 5.74) is 0. The van der Waals surface area contributed by atoms with Crippen LogP contribution in [0.5, 0.6) is 0 Å². The lowest BCUT2D eigenvalue weighted by molar-refractivity contribution is -0.146. The van der Waals surface area contributed by atoms with Gasteiger partial charge in [0.1, 0.15) is 6.54 Å². The highest BCUT2D eigenvalue weighted by Crippen LogP contribution is 2.18. The third-order valence-corrected chi connectivity index (χ3v) is 2.97. The van der Waals surface area contributed by atoms with Gasteiger partial charge in [-0.2, -0.15) is 0 Å². The van der Waals surface area contributed by atoms with Gasteiger partial charge in [-0.3, -0.25) is 9.59 Å². The molecule has 1 saturated heterocycles. The Morgan fingerprint density at radius 2 is 2.19 bits per heavy atom. The van der Waals surface area contributed by atoms with Crippen molar-refractivity contribution in [3.8, 4) is 0 Å². The Morgan fingerprint density at radius 1 is 1.50 bits per heavy atom. The van der Waals surface area contributed by atoms with E-state index in [1.54, 1.807) is 0 Å². The highest BCUT2D eigenvalue weighted by molar-refractivity contribution is 5.83. The molecular formula is C11H20N2O3. The van der Waals surface area contributed by atoms with Crippen molar-refractivity contribution in [2.45, 2.75) is 32.7 Å². The normalized spacial score (nSPS) is 24.4. The first kappa shape index (κ1) is 13.0. The molecule has 92 valence electrons. The van der Waals surface area contributed by atoms with E-state index in [0.717, 1.165) is 19.4 Å². The summed E-state index contributed by atoms with van der Waals surface area (Å²) in [6, 6.07) is 0.153. The monoisotopic (exact) mass is 228 g/mol. The van der Waals surface area contributed by atoms with Gasteiger partial charge in [0.2, 0.25) is 5.91 Å². The number of amides is 1. The van der Waals surface area contributed by atoms with Crippen LogP contribution >= 0.6 is 0 Å². The predicted octanol–water partition coefficient (Wildman–Crippen LogP) is 0.308. The van der Waals surface area contributed by atoms with Gasteiger partial charge < -0.3 is 15.3 Å². The summed E-state index contributed by atoms with van der Waals surface area (Å²) in [6.45, 7) is 5.09. The molecule has 0 radical (unpaired) electrons. The Balaban J connectivity index is 2.62. The number of carboxylic acids is 1. The number of nitrogens with one attached hydrogen (secondary N) is 1. The molecule has 0 bridgehead atoms. The van der Waals surface area contributed by atoms with Crippen LogP contribution in [0.25, 0.3) is 0 Å². The van der Waals surface area contributed by atoms with Crippen LogP contribution in [0, 0.1) is 5.92 Å². The van der Waals surface area contributed by atoms with Gasteiger partial charge in [-0.15, -0.1) is 0 Å². The van der Waals surface area contributed by atoms with Gasteiger partial charge >= 0.3 is 5.97 Å². The van der Waals surface area contributed by atoms with E-state index < -0.39 is 5.97 Å². The molecule has 1 aliphatic heterocycles. The van der Waals surface area contributed by atoms with Crippen molar-refractivity contribution < 1.29 is 14.7 Å². The lowest BCUT2D eigenvalue weighted by Crippen LogP contribution is -2.43. The van der Waals surface area contributed by atoms with E-state index in [1.165, 1.54) is 4.90 Å². The minimum absolute atomic E-state index is 0.0262. The number of nitrogens with zero attached hydrogens (tertiary/aromatic N) is 1. The molecule has 1 rings (SSSR count). The van der Waals surface area contributed by atoms with Gasteiger partial charge in [-0.1, -0.05) is 6.92 Å². The van der Waals surface area contributed by atoms with Gasteiger partial charge in [0.05, 0.1) is 5.92 Å². The van der Waals surface area contributed by atoms with Crippen LogP contribution < -0.4 is 5.32 Å². The summed E-state index contributed by atoms with van der Waals surface area (Å²) >= 11 is 0. The fourth-order valence-electron chi connectivity index (χ4n) is 2.13. The number of hydrogen-bond donors (Lipinski definition) is 2. The zero-order chi connectivity index (χ0) is 12.1. The molecule has 5 nitrogen and oxygen atoms in total.